The smallest absolute Gasteiger partial charge is 0.307 e. The lowest BCUT2D eigenvalue weighted by atomic mass is 10.2. The second-order valence-electron chi connectivity index (χ2n) is 6.26. The summed E-state index contributed by atoms with van der Waals surface area (Å²) in [5.74, 6) is -0.0605. The van der Waals surface area contributed by atoms with Crippen molar-refractivity contribution in [1.82, 2.24) is 4.57 Å². The van der Waals surface area contributed by atoms with Crippen LogP contribution in [-0.2, 0) is 16.1 Å². The Labute approximate surface area is 160 Å². The third kappa shape index (κ3) is 4.16. The van der Waals surface area contributed by atoms with Crippen molar-refractivity contribution >= 4 is 46.1 Å². The molecule has 0 unspecified atom stereocenters. The molecule has 2 heterocycles. The molecule has 0 bridgehead atoms. The van der Waals surface area contributed by atoms with Gasteiger partial charge in [-0.25, -0.2) is 0 Å². The molecule has 2 aromatic rings. The van der Waals surface area contributed by atoms with Gasteiger partial charge in [-0.15, -0.1) is 0 Å². The molecule has 0 saturated carbocycles. The fourth-order valence-corrected chi connectivity index (χ4v) is 4.05. The summed E-state index contributed by atoms with van der Waals surface area (Å²) < 4.78 is 1.68. The van der Waals surface area contributed by atoms with Crippen LogP contribution in [0, 0.1) is 6.92 Å². The van der Waals surface area contributed by atoms with Crippen LogP contribution in [0.1, 0.15) is 31.4 Å². The number of anilines is 2. The molecule has 0 radical (unpaired) electrons. The van der Waals surface area contributed by atoms with Crippen LogP contribution in [0.4, 0.5) is 11.4 Å². The molecule has 3 rings (SSSR count). The average molecular weight is 394 g/mol. The topological polar surface area (TPSA) is 71.4 Å². The van der Waals surface area contributed by atoms with Crippen molar-refractivity contribution in [2.24, 2.45) is 0 Å². The molecule has 26 heavy (non-hydrogen) atoms. The van der Waals surface area contributed by atoms with E-state index in [0.717, 1.165) is 12.1 Å². The number of hydrogen-bond acceptors (Lipinski definition) is 4. The van der Waals surface area contributed by atoms with Gasteiger partial charge in [0.25, 0.3) is 0 Å². The number of rotatable bonds is 6. The molecule has 138 valence electrons. The highest BCUT2D eigenvalue weighted by Gasteiger charge is 2.23. The Balaban J connectivity index is 1.55. The Bertz CT molecular complexity index is 890. The summed E-state index contributed by atoms with van der Waals surface area (Å²) >= 11 is 7.45. The lowest BCUT2D eigenvalue weighted by Crippen LogP contribution is -2.24. The molecule has 1 saturated heterocycles. The highest BCUT2D eigenvalue weighted by molar-refractivity contribution is 7.07. The van der Waals surface area contributed by atoms with Crippen molar-refractivity contribution in [3.05, 3.63) is 44.0 Å². The maximum Gasteiger partial charge on any atom is 0.307 e. The van der Waals surface area contributed by atoms with E-state index < -0.39 is 0 Å². The van der Waals surface area contributed by atoms with E-state index in [-0.39, 0.29) is 16.7 Å². The highest BCUT2D eigenvalue weighted by Crippen LogP contribution is 2.31. The number of hydrogen-bond donors (Lipinski definition) is 1. The third-order valence-corrected chi connectivity index (χ3v) is 5.54. The number of nitrogens with zero attached hydrogens (tertiary/aromatic N) is 2. The lowest BCUT2D eigenvalue weighted by molar-refractivity contribution is -0.117. The zero-order valence-electron chi connectivity index (χ0n) is 14.5. The normalized spacial score (nSPS) is 14.1. The number of thiazole rings is 1. The second kappa shape index (κ2) is 8.05. The molecule has 1 aliphatic heterocycles. The Morgan fingerprint density at radius 3 is 2.77 bits per heavy atom. The van der Waals surface area contributed by atoms with Crippen molar-refractivity contribution in [2.75, 3.05) is 16.8 Å². The Kier molecular flexibility index (Phi) is 5.78. The Morgan fingerprint density at radius 2 is 2.15 bits per heavy atom. The van der Waals surface area contributed by atoms with Gasteiger partial charge in [0, 0.05) is 42.7 Å². The average Bonchev–Trinajstić information content (AvgIpc) is 3.15. The number of aryl methyl sites for hydroxylation is 1. The maximum atomic E-state index is 12.1. The largest absolute Gasteiger partial charge is 0.326 e. The van der Waals surface area contributed by atoms with Crippen molar-refractivity contribution in [1.29, 1.82) is 0 Å². The van der Waals surface area contributed by atoms with Gasteiger partial charge >= 0.3 is 4.87 Å². The molecular weight excluding hydrogens is 374 g/mol. The monoisotopic (exact) mass is 393 g/mol. The van der Waals surface area contributed by atoms with Gasteiger partial charge in [-0.3, -0.25) is 14.4 Å². The molecule has 8 heteroatoms. The summed E-state index contributed by atoms with van der Waals surface area (Å²) in [6, 6.07) is 5.17. The SMILES string of the molecule is Cc1csc(=O)n1CCCC(=O)Nc1ccc(N2CCCC2=O)c(Cl)c1. The van der Waals surface area contributed by atoms with Gasteiger partial charge in [0.1, 0.15) is 0 Å². The fourth-order valence-electron chi connectivity index (χ4n) is 3.00. The second-order valence-corrected chi connectivity index (χ2v) is 7.49. The van der Waals surface area contributed by atoms with Crippen LogP contribution in [0.25, 0.3) is 0 Å². The van der Waals surface area contributed by atoms with Crippen LogP contribution < -0.4 is 15.1 Å². The first kappa shape index (κ1) is 18.7. The van der Waals surface area contributed by atoms with Crippen molar-refractivity contribution in [3.8, 4) is 0 Å². The molecule has 2 amide bonds. The minimum Gasteiger partial charge on any atom is -0.326 e. The van der Waals surface area contributed by atoms with Gasteiger partial charge in [-0.1, -0.05) is 22.9 Å². The fraction of sp³-hybridized carbons (Fsp3) is 0.389. The van der Waals surface area contributed by atoms with Crippen molar-refractivity contribution < 1.29 is 9.59 Å². The number of carbonyl (C=O) groups excluding carboxylic acids is 2. The van der Waals surface area contributed by atoms with E-state index in [1.807, 2.05) is 12.3 Å². The molecule has 1 aromatic heterocycles. The summed E-state index contributed by atoms with van der Waals surface area (Å²) in [5.41, 5.74) is 2.19. The number of carbonyl (C=O) groups is 2. The summed E-state index contributed by atoms with van der Waals surface area (Å²) in [4.78, 5) is 37.3. The molecule has 6 nitrogen and oxygen atoms in total. The van der Waals surface area contributed by atoms with Crippen LogP contribution in [0.2, 0.25) is 5.02 Å². The predicted octanol–water partition coefficient (Wildman–Crippen LogP) is 3.42. The number of benzene rings is 1. The zero-order chi connectivity index (χ0) is 18.7. The minimum atomic E-state index is -0.132. The van der Waals surface area contributed by atoms with Crippen molar-refractivity contribution in [3.63, 3.8) is 0 Å². The molecular formula is C18H20ClN3O3S. The first-order valence-electron chi connectivity index (χ1n) is 8.50. The van der Waals surface area contributed by atoms with Crippen LogP contribution in [0.15, 0.2) is 28.4 Å². The summed E-state index contributed by atoms with van der Waals surface area (Å²) in [7, 11) is 0. The maximum absolute atomic E-state index is 12.1. The van der Waals surface area contributed by atoms with Gasteiger partial charge in [-0.2, -0.15) is 0 Å². The standard InChI is InChI=1S/C18H20ClN3O3S/c1-12-11-26-18(25)21(12)8-2-4-16(23)20-13-6-7-15(14(19)10-13)22-9-3-5-17(22)24/h6-7,10-11H,2-5,8-9H2,1H3,(H,20,23). The van der Waals surface area contributed by atoms with E-state index in [1.54, 1.807) is 27.7 Å². The van der Waals surface area contributed by atoms with E-state index in [0.29, 0.717) is 48.7 Å². The van der Waals surface area contributed by atoms with E-state index in [9.17, 15) is 14.4 Å². The first-order valence-corrected chi connectivity index (χ1v) is 9.76. The van der Waals surface area contributed by atoms with Gasteiger partial charge in [0.05, 0.1) is 10.7 Å². The highest BCUT2D eigenvalue weighted by atomic mass is 35.5. The molecule has 1 fully saturated rings. The van der Waals surface area contributed by atoms with E-state index in [2.05, 4.69) is 5.32 Å². The predicted molar refractivity (Wildman–Crippen MR) is 104 cm³/mol. The minimum absolute atomic E-state index is 0.00161. The first-order chi connectivity index (χ1) is 12.5. The van der Waals surface area contributed by atoms with Crippen LogP contribution >= 0.6 is 22.9 Å². The molecule has 1 N–H and O–H groups in total. The molecule has 0 spiro atoms. The number of halogens is 1. The quantitative estimate of drug-likeness (QED) is 0.817. The van der Waals surface area contributed by atoms with Crippen molar-refractivity contribution in [2.45, 2.75) is 39.2 Å². The Morgan fingerprint density at radius 1 is 1.35 bits per heavy atom. The zero-order valence-corrected chi connectivity index (χ0v) is 16.0. The summed E-state index contributed by atoms with van der Waals surface area (Å²) in [6.07, 6.45) is 2.27. The third-order valence-electron chi connectivity index (χ3n) is 4.36. The van der Waals surface area contributed by atoms with Gasteiger partial charge in [-0.05, 0) is 38.0 Å². The molecule has 1 aromatic carbocycles. The Hall–Kier alpha value is -2.12. The number of nitrogens with one attached hydrogen (secondary N) is 1. The number of aromatic nitrogens is 1. The van der Waals surface area contributed by atoms with E-state index >= 15 is 0 Å². The van der Waals surface area contributed by atoms with E-state index in [4.69, 9.17) is 11.6 Å². The number of amides is 2. The van der Waals surface area contributed by atoms with Crippen LogP contribution in [0.5, 0.6) is 0 Å². The van der Waals surface area contributed by atoms with Gasteiger partial charge in [0.2, 0.25) is 11.8 Å². The van der Waals surface area contributed by atoms with E-state index in [1.165, 1.54) is 11.3 Å². The molecule has 1 aliphatic rings. The molecule has 0 atom stereocenters. The van der Waals surface area contributed by atoms with Crippen LogP contribution in [0.3, 0.4) is 0 Å². The summed E-state index contributed by atoms with van der Waals surface area (Å²) in [5, 5.41) is 5.07. The lowest BCUT2D eigenvalue weighted by Gasteiger charge is -2.18. The van der Waals surface area contributed by atoms with Gasteiger partial charge < -0.3 is 14.8 Å². The van der Waals surface area contributed by atoms with Crippen LogP contribution in [-0.4, -0.2) is 22.9 Å². The molecule has 0 aliphatic carbocycles. The van der Waals surface area contributed by atoms with Gasteiger partial charge in [0.15, 0.2) is 0 Å². The summed E-state index contributed by atoms with van der Waals surface area (Å²) in [6.45, 7) is 3.08.